The van der Waals surface area contributed by atoms with E-state index < -0.39 is 0 Å². The largest absolute Gasteiger partial charge is 0.497 e. The van der Waals surface area contributed by atoms with E-state index in [-0.39, 0.29) is 5.78 Å². The standard InChI is InChI=1S/C16H13BrO3/c1-19-12-3-4-13(14(17)9-12)16(18)11-2-5-15-10(8-11)6-7-20-15/h2-5,8-9H,6-7H2,1H3. The van der Waals surface area contributed by atoms with Crippen LogP contribution in [0.1, 0.15) is 21.5 Å². The highest BCUT2D eigenvalue weighted by Crippen LogP contribution is 2.29. The van der Waals surface area contributed by atoms with Crippen molar-refractivity contribution < 1.29 is 14.3 Å². The lowest BCUT2D eigenvalue weighted by molar-refractivity contribution is 0.103. The van der Waals surface area contributed by atoms with Crippen LogP contribution in [0.3, 0.4) is 0 Å². The summed E-state index contributed by atoms with van der Waals surface area (Å²) in [6, 6.07) is 10.9. The predicted molar refractivity (Wildman–Crippen MR) is 79.8 cm³/mol. The van der Waals surface area contributed by atoms with Crippen molar-refractivity contribution in [2.75, 3.05) is 13.7 Å². The highest BCUT2D eigenvalue weighted by atomic mass is 79.9. The lowest BCUT2D eigenvalue weighted by Crippen LogP contribution is -2.03. The Hall–Kier alpha value is -1.81. The molecule has 3 rings (SSSR count). The molecule has 0 saturated heterocycles. The minimum atomic E-state index is -0.00534. The van der Waals surface area contributed by atoms with Gasteiger partial charge in [-0.3, -0.25) is 4.79 Å². The normalized spacial score (nSPS) is 12.7. The first-order valence-electron chi connectivity index (χ1n) is 6.33. The number of carbonyl (C=O) groups excluding carboxylic acids is 1. The van der Waals surface area contributed by atoms with Crippen LogP contribution in [-0.2, 0) is 6.42 Å². The van der Waals surface area contributed by atoms with Gasteiger partial charge in [-0.1, -0.05) is 0 Å². The van der Waals surface area contributed by atoms with Crippen LogP contribution in [0.4, 0.5) is 0 Å². The minimum absolute atomic E-state index is 0.00534. The van der Waals surface area contributed by atoms with Crippen LogP contribution in [-0.4, -0.2) is 19.5 Å². The van der Waals surface area contributed by atoms with Gasteiger partial charge >= 0.3 is 0 Å². The molecule has 102 valence electrons. The molecule has 3 nitrogen and oxygen atoms in total. The van der Waals surface area contributed by atoms with Gasteiger partial charge in [0.1, 0.15) is 11.5 Å². The molecule has 1 aliphatic heterocycles. The lowest BCUT2D eigenvalue weighted by atomic mass is 10.0. The van der Waals surface area contributed by atoms with Crippen LogP contribution in [0.5, 0.6) is 11.5 Å². The van der Waals surface area contributed by atoms with Gasteiger partial charge in [0.2, 0.25) is 0 Å². The van der Waals surface area contributed by atoms with Crippen LogP contribution in [0.2, 0.25) is 0 Å². The number of carbonyl (C=O) groups is 1. The smallest absolute Gasteiger partial charge is 0.194 e. The van der Waals surface area contributed by atoms with Gasteiger partial charge in [0.25, 0.3) is 0 Å². The van der Waals surface area contributed by atoms with E-state index in [9.17, 15) is 4.79 Å². The van der Waals surface area contributed by atoms with Crippen LogP contribution >= 0.6 is 15.9 Å². The summed E-state index contributed by atoms with van der Waals surface area (Å²) in [6.07, 6.45) is 0.861. The van der Waals surface area contributed by atoms with Crippen LogP contribution in [0, 0.1) is 0 Å². The molecule has 1 aliphatic rings. The summed E-state index contributed by atoms with van der Waals surface area (Å²) >= 11 is 3.42. The zero-order valence-electron chi connectivity index (χ0n) is 11.0. The molecular formula is C16H13BrO3. The van der Waals surface area contributed by atoms with Gasteiger partial charge in [0, 0.05) is 22.0 Å². The molecule has 0 atom stereocenters. The first-order valence-corrected chi connectivity index (χ1v) is 7.12. The van der Waals surface area contributed by atoms with E-state index in [0.717, 1.165) is 28.0 Å². The third kappa shape index (κ3) is 2.31. The Morgan fingerprint density at radius 2 is 2.10 bits per heavy atom. The Morgan fingerprint density at radius 3 is 2.85 bits per heavy atom. The molecule has 0 amide bonds. The third-order valence-electron chi connectivity index (χ3n) is 3.37. The Bertz CT molecular complexity index is 679. The molecule has 0 aromatic heterocycles. The number of rotatable bonds is 3. The summed E-state index contributed by atoms with van der Waals surface area (Å²) in [5.41, 5.74) is 2.41. The van der Waals surface area contributed by atoms with E-state index in [1.165, 1.54) is 0 Å². The SMILES string of the molecule is COc1ccc(C(=O)c2ccc3c(c2)CCO3)c(Br)c1. The molecule has 0 radical (unpaired) electrons. The van der Waals surface area contributed by atoms with Crippen molar-refractivity contribution in [2.45, 2.75) is 6.42 Å². The van der Waals surface area contributed by atoms with Gasteiger partial charge in [-0.2, -0.15) is 0 Å². The van der Waals surface area contributed by atoms with Crippen molar-refractivity contribution >= 4 is 21.7 Å². The average molecular weight is 333 g/mol. The van der Waals surface area contributed by atoms with Gasteiger partial charge in [0.05, 0.1) is 13.7 Å². The topological polar surface area (TPSA) is 35.5 Å². The number of ether oxygens (including phenoxy) is 2. The second kappa shape index (κ2) is 5.29. The molecule has 0 unspecified atom stereocenters. The number of hydrogen-bond donors (Lipinski definition) is 0. The van der Waals surface area contributed by atoms with E-state index in [2.05, 4.69) is 15.9 Å². The van der Waals surface area contributed by atoms with Crippen LogP contribution < -0.4 is 9.47 Å². The quantitative estimate of drug-likeness (QED) is 0.805. The molecule has 0 aliphatic carbocycles. The third-order valence-corrected chi connectivity index (χ3v) is 4.03. The van der Waals surface area contributed by atoms with E-state index in [0.29, 0.717) is 17.7 Å². The number of hydrogen-bond acceptors (Lipinski definition) is 3. The summed E-state index contributed by atoms with van der Waals surface area (Å²) in [7, 11) is 1.60. The fourth-order valence-electron chi connectivity index (χ4n) is 2.29. The Morgan fingerprint density at radius 1 is 1.25 bits per heavy atom. The molecule has 0 fully saturated rings. The van der Waals surface area contributed by atoms with Gasteiger partial charge in [-0.25, -0.2) is 0 Å². The van der Waals surface area contributed by atoms with Gasteiger partial charge in [-0.05, 0) is 57.9 Å². The van der Waals surface area contributed by atoms with Crippen molar-refractivity contribution in [1.82, 2.24) is 0 Å². The molecule has 0 spiro atoms. The summed E-state index contributed by atoms with van der Waals surface area (Å²) in [6.45, 7) is 0.694. The maximum atomic E-state index is 12.6. The maximum absolute atomic E-state index is 12.6. The van der Waals surface area contributed by atoms with E-state index in [4.69, 9.17) is 9.47 Å². The van der Waals surface area contributed by atoms with Crippen LogP contribution in [0.25, 0.3) is 0 Å². The first-order chi connectivity index (χ1) is 9.69. The summed E-state index contributed by atoms with van der Waals surface area (Å²) in [5, 5.41) is 0. The highest BCUT2D eigenvalue weighted by Gasteiger charge is 2.17. The molecule has 2 aromatic carbocycles. The minimum Gasteiger partial charge on any atom is -0.497 e. The molecule has 20 heavy (non-hydrogen) atoms. The zero-order chi connectivity index (χ0) is 14.1. The average Bonchev–Trinajstić information content (AvgIpc) is 2.93. The van der Waals surface area contributed by atoms with Gasteiger partial charge in [-0.15, -0.1) is 0 Å². The number of ketones is 1. The Labute approximate surface area is 125 Å². The molecular weight excluding hydrogens is 320 g/mol. The Balaban J connectivity index is 1.96. The fourth-order valence-corrected chi connectivity index (χ4v) is 2.83. The number of halogens is 1. The second-order valence-corrected chi connectivity index (χ2v) is 5.45. The summed E-state index contributed by atoms with van der Waals surface area (Å²) in [5.74, 6) is 1.60. The molecule has 4 heteroatoms. The second-order valence-electron chi connectivity index (χ2n) is 4.60. The van der Waals surface area contributed by atoms with Crippen molar-refractivity contribution in [3.05, 3.63) is 57.6 Å². The van der Waals surface area contributed by atoms with Crippen molar-refractivity contribution in [1.29, 1.82) is 0 Å². The Kier molecular flexibility index (Phi) is 3.49. The number of fused-ring (bicyclic) bond motifs is 1. The monoisotopic (exact) mass is 332 g/mol. The lowest BCUT2D eigenvalue weighted by Gasteiger charge is -2.07. The molecule has 0 saturated carbocycles. The summed E-state index contributed by atoms with van der Waals surface area (Å²) < 4.78 is 11.3. The van der Waals surface area contributed by atoms with Crippen LogP contribution in [0.15, 0.2) is 40.9 Å². The maximum Gasteiger partial charge on any atom is 0.194 e. The molecule has 0 bridgehead atoms. The predicted octanol–water partition coefficient (Wildman–Crippen LogP) is 3.62. The van der Waals surface area contributed by atoms with Gasteiger partial charge in [0.15, 0.2) is 5.78 Å². The van der Waals surface area contributed by atoms with E-state index in [1.807, 2.05) is 18.2 Å². The van der Waals surface area contributed by atoms with E-state index in [1.54, 1.807) is 25.3 Å². The van der Waals surface area contributed by atoms with Gasteiger partial charge < -0.3 is 9.47 Å². The number of benzene rings is 2. The fraction of sp³-hybridized carbons (Fsp3) is 0.188. The zero-order valence-corrected chi connectivity index (χ0v) is 12.6. The van der Waals surface area contributed by atoms with E-state index >= 15 is 0 Å². The molecule has 0 N–H and O–H groups in total. The summed E-state index contributed by atoms with van der Waals surface area (Å²) in [4.78, 5) is 12.6. The molecule has 2 aromatic rings. The first kappa shape index (κ1) is 13.2. The molecule has 1 heterocycles. The van der Waals surface area contributed by atoms with Crippen molar-refractivity contribution in [3.8, 4) is 11.5 Å². The van der Waals surface area contributed by atoms with Crippen molar-refractivity contribution in [2.24, 2.45) is 0 Å². The highest BCUT2D eigenvalue weighted by molar-refractivity contribution is 9.10. The van der Waals surface area contributed by atoms with Crippen molar-refractivity contribution in [3.63, 3.8) is 0 Å². The number of methoxy groups -OCH3 is 1.